The zero-order chi connectivity index (χ0) is 33.9. The number of aromatic nitrogens is 1. The lowest BCUT2D eigenvalue weighted by Crippen LogP contribution is -2.59. The number of nitrogens with zero attached hydrogens (tertiary/aromatic N) is 2. The monoisotopic (exact) mass is 664 g/mol. The highest BCUT2D eigenvalue weighted by Crippen LogP contribution is 2.40. The lowest BCUT2D eigenvalue weighted by Gasteiger charge is -2.35. The number of aliphatic hydroxyl groups excluding tert-OH is 1. The second kappa shape index (κ2) is 13.9. The summed E-state index contributed by atoms with van der Waals surface area (Å²) in [7, 11) is 0. The number of ether oxygens (including phenoxy) is 1. The van der Waals surface area contributed by atoms with Crippen molar-refractivity contribution in [2.75, 3.05) is 13.2 Å². The predicted octanol–water partition coefficient (Wildman–Crippen LogP) is 4.16. The van der Waals surface area contributed by atoms with Crippen molar-refractivity contribution >= 4 is 35.3 Å². The minimum Gasteiger partial charge on any atom is -0.493 e. The van der Waals surface area contributed by atoms with Crippen LogP contribution in [0.5, 0.6) is 5.75 Å². The van der Waals surface area contributed by atoms with Gasteiger partial charge in [-0.1, -0.05) is 57.2 Å². The lowest BCUT2D eigenvalue weighted by molar-refractivity contribution is -0.145. The third-order valence-electron chi connectivity index (χ3n) is 8.64. The lowest BCUT2D eigenvalue weighted by atomic mass is 9.85. The van der Waals surface area contributed by atoms with Crippen molar-refractivity contribution < 1.29 is 33.4 Å². The van der Waals surface area contributed by atoms with Crippen molar-refractivity contribution in [2.45, 2.75) is 83.8 Å². The van der Waals surface area contributed by atoms with Crippen LogP contribution < -0.4 is 15.4 Å². The van der Waals surface area contributed by atoms with Crippen molar-refractivity contribution in [3.8, 4) is 16.2 Å². The molecule has 0 spiro atoms. The molecule has 1 saturated carbocycles. The van der Waals surface area contributed by atoms with Crippen LogP contribution >= 0.6 is 11.3 Å². The zero-order valence-corrected chi connectivity index (χ0v) is 27.9. The van der Waals surface area contributed by atoms with E-state index in [0.717, 1.165) is 33.5 Å². The Hall–Kier alpha value is -4.16. The number of alkyl halides is 1. The standard InChI is InChI=1S/C35H41FN4O6S/c1-21-29(47-20-38-21)24-9-10-25(28(15-24)46-14-11-22-5-7-23(19-41)8-6-22)17-37-31(43)27-16-26(42)18-40(27)32(44)30(34(2,3)4)39-33(45)35(36)12-13-35/h5-10,15,19-20,26-27,30,42H,11-14,16-18H2,1-4H3,(H,37,43)(H,39,45)/t26-,27+,30-/m1/s1. The molecule has 0 bridgehead atoms. The fraction of sp³-hybridized carbons (Fsp3) is 0.457. The van der Waals surface area contributed by atoms with Gasteiger partial charge in [0.2, 0.25) is 11.8 Å². The predicted molar refractivity (Wildman–Crippen MR) is 176 cm³/mol. The smallest absolute Gasteiger partial charge is 0.258 e. The minimum atomic E-state index is -1.96. The Balaban J connectivity index is 1.30. The van der Waals surface area contributed by atoms with E-state index in [2.05, 4.69) is 15.6 Å². The number of amides is 3. The molecule has 1 aliphatic carbocycles. The Morgan fingerprint density at radius 2 is 1.91 bits per heavy atom. The molecule has 3 aromatic rings. The summed E-state index contributed by atoms with van der Waals surface area (Å²) in [4.78, 5) is 57.5. The number of carbonyl (C=O) groups excluding carboxylic acids is 4. The number of rotatable bonds is 12. The molecule has 250 valence electrons. The number of carbonyl (C=O) groups is 4. The molecule has 2 heterocycles. The van der Waals surface area contributed by atoms with E-state index in [0.29, 0.717) is 24.3 Å². The molecule has 1 aliphatic heterocycles. The number of hydrogen-bond acceptors (Lipinski definition) is 8. The fourth-order valence-corrected chi connectivity index (χ4v) is 6.42. The SMILES string of the molecule is Cc1ncsc1-c1ccc(CNC(=O)[C@@H]2C[C@@H](O)CN2C(=O)[C@@H](NC(=O)C2(F)CC2)C(C)(C)C)c(OCCc2ccc(C=O)cc2)c1. The van der Waals surface area contributed by atoms with Gasteiger partial charge in [-0.2, -0.15) is 0 Å². The van der Waals surface area contributed by atoms with Crippen LogP contribution in [-0.4, -0.2) is 76.0 Å². The average Bonchev–Trinajstić information content (AvgIpc) is 3.45. The van der Waals surface area contributed by atoms with Crippen LogP contribution in [0.1, 0.15) is 67.2 Å². The second-order valence-corrected chi connectivity index (χ2v) is 14.3. The molecule has 12 heteroatoms. The molecule has 3 N–H and O–H groups in total. The highest BCUT2D eigenvalue weighted by molar-refractivity contribution is 7.13. The number of halogens is 1. The first-order valence-corrected chi connectivity index (χ1v) is 16.6. The van der Waals surface area contributed by atoms with Crippen LogP contribution in [0, 0.1) is 12.3 Å². The van der Waals surface area contributed by atoms with Crippen LogP contribution in [-0.2, 0) is 27.3 Å². The summed E-state index contributed by atoms with van der Waals surface area (Å²) in [5, 5.41) is 16.0. The first-order valence-electron chi connectivity index (χ1n) is 15.8. The fourth-order valence-electron chi connectivity index (χ4n) is 5.61. The van der Waals surface area contributed by atoms with Crippen LogP contribution in [0.25, 0.3) is 10.4 Å². The van der Waals surface area contributed by atoms with E-state index in [4.69, 9.17) is 4.74 Å². The van der Waals surface area contributed by atoms with Crippen molar-refractivity contribution in [3.05, 3.63) is 70.4 Å². The average molecular weight is 665 g/mol. The number of thiazole rings is 1. The van der Waals surface area contributed by atoms with E-state index in [-0.39, 0.29) is 32.4 Å². The normalized spacial score (nSPS) is 19.1. The van der Waals surface area contributed by atoms with Crippen LogP contribution in [0.4, 0.5) is 4.39 Å². The van der Waals surface area contributed by atoms with E-state index >= 15 is 0 Å². The molecular formula is C35H41FN4O6S. The number of hydrogen-bond donors (Lipinski definition) is 3. The Morgan fingerprint density at radius 3 is 2.53 bits per heavy atom. The van der Waals surface area contributed by atoms with Gasteiger partial charge in [0, 0.05) is 37.1 Å². The number of likely N-dealkylation sites (tertiary alicyclic amines) is 1. The molecule has 2 aliphatic rings. The topological polar surface area (TPSA) is 138 Å². The summed E-state index contributed by atoms with van der Waals surface area (Å²) >= 11 is 1.52. The van der Waals surface area contributed by atoms with Crippen molar-refractivity contribution in [1.82, 2.24) is 20.5 Å². The Labute approximate surface area is 277 Å². The third-order valence-corrected chi connectivity index (χ3v) is 9.62. The Kier molecular flexibility index (Phi) is 10.1. The number of aryl methyl sites for hydroxylation is 1. The molecular weight excluding hydrogens is 623 g/mol. The molecule has 5 rings (SSSR count). The molecule has 1 aromatic heterocycles. The summed E-state index contributed by atoms with van der Waals surface area (Å²) in [6.45, 7) is 7.58. The summed E-state index contributed by atoms with van der Waals surface area (Å²) in [6, 6.07) is 11.0. The van der Waals surface area contributed by atoms with Gasteiger partial charge >= 0.3 is 0 Å². The van der Waals surface area contributed by atoms with Gasteiger partial charge in [-0.3, -0.25) is 19.2 Å². The Bertz CT molecular complexity index is 1630. The van der Waals surface area contributed by atoms with Gasteiger partial charge in [-0.05, 0) is 42.4 Å². The summed E-state index contributed by atoms with van der Waals surface area (Å²) in [6.07, 6.45) is 0.728. The van der Waals surface area contributed by atoms with Gasteiger partial charge < -0.3 is 25.4 Å². The van der Waals surface area contributed by atoms with Gasteiger partial charge in [0.05, 0.1) is 28.8 Å². The molecule has 0 radical (unpaired) electrons. The molecule has 0 unspecified atom stereocenters. The zero-order valence-electron chi connectivity index (χ0n) is 27.0. The minimum absolute atomic E-state index is 0.0330. The van der Waals surface area contributed by atoms with Crippen molar-refractivity contribution in [2.24, 2.45) is 5.41 Å². The third kappa shape index (κ3) is 8.05. The van der Waals surface area contributed by atoms with Gasteiger partial charge in [-0.15, -0.1) is 11.3 Å². The molecule has 2 aromatic carbocycles. The van der Waals surface area contributed by atoms with Gasteiger partial charge in [-0.25, -0.2) is 9.37 Å². The molecule has 1 saturated heterocycles. The summed E-state index contributed by atoms with van der Waals surface area (Å²) in [5.74, 6) is -1.24. The van der Waals surface area contributed by atoms with E-state index in [1.165, 1.54) is 16.2 Å². The highest BCUT2D eigenvalue weighted by atomic mass is 32.1. The highest BCUT2D eigenvalue weighted by Gasteiger charge is 2.53. The summed E-state index contributed by atoms with van der Waals surface area (Å²) < 4.78 is 20.7. The van der Waals surface area contributed by atoms with Gasteiger partial charge in [0.1, 0.15) is 24.1 Å². The maximum atomic E-state index is 14.5. The number of aliphatic hydroxyl groups is 1. The quantitative estimate of drug-likeness (QED) is 0.247. The van der Waals surface area contributed by atoms with E-state index < -0.39 is 47.0 Å². The van der Waals surface area contributed by atoms with E-state index in [9.17, 15) is 28.7 Å². The van der Waals surface area contributed by atoms with E-state index in [1.807, 2.05) is 37.3 Å². The maximum Gasteiger partial charge on any atom is 0.258 e. The largest absolute Gasteiger partial charge is 0.493 e. The van der Waals surface area contributed by atoms with Gasteiger partial charge in [0.25, 0.3) is 5.91 Å². The van der Waals surface area contributed by atoms with Crippen molar-refractivity contribution in [1.29, 1.82) is 0 Å². The molecule has 2 fully saturated rings. The molecule has 3 amide bonds. The Morgan fingerprint density at radius 1 is 1.19 bits per heavy atom. The van der Waals surface area contributed by atoms with Crippen LogP contribution in [0.2, 0.25) is 0 Å². The summed E-state index contributed by atoms with van der Waals surface area (Å²) in [5.41, 5.74) is 3.20. The van der Waals surface area contributed by atoms with E-state index in [1.54, 1.807) is 38.4 Å². The van der Waals surface area contributed by atoms with Crippen molar-refractivity contribution in [3.63, 3.8) is 0 Å². The van der Waals surface area contributed by atoms with Crippen LogP contribution in [0.3, 0.4) is 0 Å². The number of nitrogens with one attached hydrogen (secondary N) is 2. The number of aldehydes is 1. The first-order chi connectivity index (χ1) is 22.3. The van der Waals surface area contributed by atoms with Gasteiger partial charge in [0.15, 0.2) is 5.67 Å². The number of benzene rings is 2. The molecule has 47 heavy (non-hydrogen) atoms. The molecule has 3 atom stereocenters. The first kappa shape index (κ1) is 34.2. The molecule has 10 nitrogen and oxygen atoms in total. The van der Waals surface area contributed by atoms with Crippen LogP contribution in [0.15, 0.2) is 48.0 Å². The second-order valence-electron chi connectivity index (χ2n) is 13.4. The maximum absolute atomic E-state index is 14.5. The number of β-amino-alcohol motifs (C(OH)–C–C–N with tert-alkyl or cyclic N) is 1.